The lowest BCUT2D eigenvalue weighted by Gasteiger charge is -2.33. The molecule has 0 radical (unpaired) electrons. The van der Waals surface area contributed by atoms with E-state index >= 15 is 0 Å². The second kappa shape index (κ2) is 5.67. The Labute approximate surface area is 99.4 Å². The van der Waals surface area contributed by atoms with E-state index in [-0.39, 0.29) is 17.5 Å². The highest BCUT2D eigenvalue weighted by atomic mass is 16.2. The highest BCUT2D eigenvalue weighted by Crippen LogP contribution is 2.18. The summed E-state index contributed by atoms with van der Waals surface area (Å²) in [5.74, 6) is 0.837. The number of carbonyl (C=O) groups is 1. The molecule has 3 heteroatoms. The van der Waals surface area contributed by atoms with Crippen molar-refractivity contribution >= 4 is 5.91 Å². The van der Waals surface area contributed by atoms with Crippen LogP contribution in [0.15, 0.2) is 0 Å². The SMILES string of the molecule is CCC(C)(CC)NC(=O)C1CC(C)CCN1. The minimum Gasteiger partial charge on any atom is -0.350 e. The van der Waals surface area contributed by atoms with E-state index in [9.17, 15) is 4.79 Å². The average molecular weight is 226 g/mol. The molecule has 0 spiro atoms. The Bertz CT molecular complexity index is 236. The maximum atomic E-state index is 12.1. The monoisotopic (exact) mass is 226 g/mol. The van der Waals surface area contributed by atoms with E-state index in [4.69, 9.17) is 0 Å². The van der Waals surface area contributed by atoms with Gasteiger partial charge in [-0.3, -0.25) is 4.79 Å². The number of nitrogens with one attached hydrogen (secondary N) is 2. The zero-order valence-corrected chi connectivity index (χ0v) is 11.1. The molecule has 94 valence electrons. The van der Waals surface area contributed by atoms with E-state index in [0.717, 1.165) is 25.8 Å². The number of hydrogen-bond acceptors (Lipinski definition) is 2. The van der Waals surface area contributed by atoms with E-state index < -0.39 is 0 Å². The van der Waals surface area contributed by atoms with Gasteiger partial charge in [-0.25, -0.2) is 0 Å². The van der Waals surface area contributed by atoms with Crippen LogP contribution < -0.4 is 10.6 Å². The number of carbonyl (C=O) groups excluding carboxylic acids is 1. The third-order valence-electron chi connectivity index (χ3n) is 3.97. The lowest BCUT2D eigenvalue weighted by molar-refractivity contribution is -0.125. The number of amides is 1. The van der Waals surface area contributed by atoms with Gasteiger partial charge >= 0.3 is 0 Å². The Morgan fingerprint density at radius 1 is 1.44 bits per heavy atom. The summed E-state index contributed by atoms with van der Waals surface area (Å²) in [4.78, 5) is 12.1. The minimum absolute atomic E-state index is 0.0150. The normalized spacial score (nSPS) is 26.5. The van der Waals surface area contributed by atoms with Crippen LogP contribution >= 0.6 is 0 Å². The molecule has 1 amide bonds. The third-order valence-corrected chi connectivity index (χ3v) is 3.97. The Kier molecular flexibility index (Phi) is 4.78. The van der Waals surface area contributed by atoms with E-state index in [1.807, 2.05) is 0 Å². The van der Waals surface area contributed by atoms with Crippen molar-refractivity contribution in [2.24, 2.45) is 5.92 Å². The molecule has 1 aliphatic heterocycles. The molecular weight excluding hydrogens is 200 g/mol. The first-order valence-electron chi connectivity index (χ1n) is 6.56. The van der Waals surface area contributed by atoms with Crippen molar-refractivity contribution in [2.75, 3.05) is 6.54 Å². The van der Waals surface area contributed by atoms with Gasteiger partial charge in [0.1, 0.15) is 0 Å². The zero-order chi connectivity index (χ0) is 12.2. The Balaban J connectivity index is 2.51. The fourth-order valence-electron chi connectivity index (χ4n) is 2.12. The molecule has 0 aromatic rings. The zero-order valence-electron chi connectivity index (χ0n) is 11.1. The molecule has 0 aromatic heterocycles. The summed E-state index contributed by atoms with van der Waals surface area (Å²) in [6.07, 6.45) is 4.12. The van der Waals surface area contributed by atoms with Gasteiger partial charge in [0.15, 0.2) is 0 Å². The first kappa shape index (κ1) is 13.5. The van der Waals surface area contributed by atoms with Gasteiger partial charge in [-0.2, -0.15) is 0 Å². The molecule has 3 nitrogen and oxygen atoms in total. The van der Waals surface area contributed by atoms with Gasteiger partial charge in [0.05, 0.1) is 6.04 Å². The molecule has 1 fully saturated rings. The first-order valence-corrected chi connectivity index (χ1v) is 6.56. The van der Waals surface area contributed by atoms with Gasteiger partial charge in [0, 0.05) is 5.54 Å². The van der Waals surface area contributed by atoms with E-state index in [1.165, 1.54) is 6.42 Å². The van der Waals surface area contributed by atoms with Crippen LogP contribution in [0, 0.1) is 5.92 Å². The molecule has 1 saturated heterocycles. The average Bonchev–Trinajstić information content (AvgIpc) is 2.29. The number of rotatable bonds is 4. The fraction of sp³-hybridized carbons (Fsp3) is 0.923. The van der Waals surface area contributed by atoms with Crippen molar-refractivity contribution in [1.29, 1.82) is 0 Å². The van der Waals surface area contributed by atoms with Crippen LogP contribution in [0.5, 0.6) is 0 Å². The summed E-state index contributed by atoms with van der Waals surface area (Å²) in [5.41, 5.74) is -0.0422. The lowest BCUT2D eigenvalue weighted by Crippen LogP contribution is -2.54. The Morgan fingerprint density at radius 2 is 2.06 bits per heavy atom. The molecule has 2 unspecified atom stereocenters. The van der Waals surface area contributed by atoms with Crippen molar-refractivity contribution in [1.82, 2.24) is 10.6 Å². The van der Waals surface area contributed by atoms with Gasteiger partial charge < -0.3 is 10.6 Å². The van der Waals surface area contributed by atoms with Crippen LogP contribution in [0.3, 0.4) is 0 Å². The van der Waals surface area contributed by atoms with Crippen molar-refractivity contribution in [2.45, 2.75) is 65.0 Å². The van der Waals surface area contributed by atoms with Crippen LogP contribution in [0.2, 0.25) is 0 Å². The largest absolute Gasteiger partial charge is 0.350 e. The first-order chi connectivity index (χ1) is 7.50. The Hall–Kier alpha value is -0.570. The van der Waals surface area contributed by atoms with Crippen LogP contribution in [0.25, 0.3) is 0 Å². The van der Waals surface area contributed by atoms with E-state index in [1.54, 1.807) is 0 Å². The van der Waals surface area contributed by atoms with Crippen LogP contribution in [0.1, 0.15) is 53.4 Å². The van der Waals surface area contributed by atoms with Gasteiger partial charge in [-0.1, -0.05) is 20.8 Å². The maximum Gasteiger partial charge on any atom is 0.237 e. The molecule has 16 heavy (non-hydrogen) atoms. The summed E-state index contributed by atoms with van der Waals surface area (Å²) in [6, 6.07) is 0.0150. The smallest absolute Gasteiger partial charge is 0.237 e. The van der Waals surface area contributed by atoms with Crippen molar-refractivity contribution in [3.8, 4) is 0 Å². The van der Waals surface area contributed by atoms with Crippen LogP contribution in [0.4, 0.5) is 0 Å². The van der Waals surface area contributed by atoms with Gasteiger partial charge in [-0.05, 0) is 45.1 Å². The van der Waals surface area contributed by atoms with Crippen molar-refractivity contribution < 1.29 is 4.79 Å². The molecule has 0 aliphatic carbocycles. The fourth-order valence-corrected chi connectivity index (χ4v) is 2.12. The molecule has 2 N–H and O–H groups in total. The number of hydrogen-bond donors (Lipinski definition) is 2. The van der Waals surface area contributed by atoms with Gasteiger partial charge in [0.25, 0.3) is 0 Å². The number of piperidine rings is 1. The molecule has 1 aliphatic rings. The molecule has 1 rings (SSSR count). The van der Waals surface area contributed by atoms with E-state index in [2.05, 4.69) is 38.3 Å². The second-order valence-corrected chi connectivity index (χ2v) is 5.39. The standard InChI is InChI=1S/C13H26N2O/c1-5-13(4,6-2)15-12(16)11-9-10(3)7-8-14-11/h10-11,14H,5-9H2,1-4H3,(H,15,16). The molecule has 0 saturated carbocycles. The highest BCUT2D eigenvalue weighted by Gasteiger charge is 2.29. The summed E-state index contributed by atoms with van der Waals surface area (Å²) in [7, 11) is 0. The maximum absolute atomic E-state index is 12.1. The molecule has 1 heterocycles. The Morgan fingerprint density at radius 3 is 2.56 bits per heavy atom. The van der Waals surface area contributed by atoms with Crippen molar-refractivity contribution in [3.63, 3.8) is 0 Å². The predicted octanol–water partition coefficient (Wildman–Crippen LogP) is 2.07. The van der Waals surface area contributed by atoms with Crippen LogP contribution in [-0.4, -0.2) is 24.0 Å². The summed E-state index contributed by atoms with van der Waals surface area (Å²) in [6.45, 7) is 9.56. The van der Waals surface area contributed by atoms with E-state index in [0.29, 0.717) is 5.92 Å². The van der Waals surface area contributed by atoms with Crippen molar-refractivity contribution in [3.05, 3.63) is 0 Å². The molecule has 0 aromatic carbocycles. The quantitative estimate of drug-likeness (QED) is 0.770. The van der Waals surface area contributed by atoms with Gasteiger partial charge in [-0.15, -0.1) is 0 Å². The van der Waals surface area contributed by atoms with Gasteiger partial charge in [0.2, 0.25) is 5.91 Å². The summed E-state index contributed by atoms with van der Waals surface area (Å²) >= 11 is 0. The summed E-state index contributed by atoms with van der Waals surface area (Å²) in [5, 5.41) is 6.49. The topological polar surface area (TPSA) is 41.1 Å². The third kappa shape index (κ3) is 3.48. The second-order valence-electron chi connectivity index (χ2n) is 5.39. The predicted molar refractivity (Wildman–Crippen MR) is 67.3 cm³/mol. The molecule has 2 atom stereocenters. The molecular formula is C13H26N2O. The minimum atomic E-state index is -0.0422. The molecule has 0 bridgehead atoms. The highest BCUT2D eigenvalue weighted by molar-refractivity contribution is 5.82. The van der Waals surface area contributed by atoms with Crippen LogP contribution in [-0.2, 0) is 4.79 Å². The lowest BCUT2D eigenvalue weighted by atomic mass is 9.91. The summed E-state index contributed by atoms with van der Waals surface area (Å²) < 4.78 is 0.